The number of benzene rings is 2. The molecule has 0 unspecified atom stereocenters. The molecule has 0 bridgehead atoms. The second-order valence-corrected chi connectivity index (χ2v) is 9.40. The first-order valence-corrected chi connectivity index (χ1v) is 11.9. The molecule has 0 aliphatic rings. The van der Waals surface area contributed by atoms with Gasteiger partial charge in [0.1, 0.15) is 18.1 Å². The zero-order valence-electron chi connectivity index (χ0n) is 21.3. The van der Waals surface area contributed by atoms with Crippen LogP contribution in [0.2, 0.25) is 0 Å². The molecule has 0 aliphatic carbocycles. The third-order valence-electron chi connectivity index (χ3n) is 6.08. The lowest BCUT2D eigenvalue weighted by atomic mass is 10.0. The van der Waals surface area contributed by atoms with Gasteiger partial charge in [0.25, 0.3) is 5.91 Å². The van der Waals surface area contributed by atoms with E-state index in [0.717, 1.165) is 28.3 Å². The summed E-state index contributed by atoms with van der Waals surface area (Å²) < 4.78 is 13.8. The number of furan rings is 1. The minimum atomic E-state index is -0.309. The zero-order valence-corrected chi connectivity index (χ0v) is 21.3. The lowest BCUT2D eigenvalue weighted by Gasteiger charge is -2.14. The second kappa shape index (κ2) is 10.2. The van der Waals surface area contributed by atoms with Crippen molar-refractivity contribution in [1.82, 2.24) is 9.78 Å². The molecule has 1 amide bonds. The number of carbonyl (C=O) groups excluding carboxylic acids is 1. The fourth-order valence-electron chi connectivity index (χ4n) is 4.16. The number of ether oxygens (including phenoxy) is 1. The van der Waals surface area contributed by atoms with Crippen molar-refractivity contribution in [2.45, 2.75) is 60.6 Å². The normalized spacial score (nSPS) is 11.2. The fraction of sp³-hybridized carbons (Fsp3) is 0.310. The number of rotatable bonds is 8. The van der Waals surface area contributed by atoms with Crippen LogP contribution < -0.4 is 10.1 Å². The lowest BCUT2D eigenvalue weighted by molar-refractivity contribution is 0.0992. The molecule has 182 valence electrons. The summed E-state index contributed by atoms with van der Waals surface area (Å²) in [5, 5.41) is 7.61. The van der Waals surface area contributed by atoms with Crippen LogP contribution in [0.25, 0.3) is 0 Å². The van der Waals surface area contributed by atoms with Crippen molar-refractivity contribution in [3.63, 3.8) is 0 Å². The molecule has 2 aromatic heterocycles. The van der Waals surface area contributed by atoms with Gasteiger partial charge in [0.2, 0.25) is 0 Å². The molecule has 0 saturated heterocycles. The first-order valence-electron chi connectivity index (χ1n) is 11.9. The summed E-state index contributed by atoms with van der Waals surface area (Å²) in [6.07, 6.45) is 0. The molecular formula is C29H33N3O3. The van der Waals surface area contributed by atoms with Gasteiger partial charge in [-0.3, -0.25) is 9.48 Å². The highest BCUT2D eigenvalue weighted by Gasteiger charge is 2.18. The average molecular weight is 472 g/mol. The van der Waals surface area contributed by atoms with Gasteiger partial charge in [0.15, 0.2) is 5.76 Å². The highest BCUT2D eigenvalue weighted by Crippen LogP contribution is 2.28. The van der Waals surface area contributed by atoms with E-state index in [9.17, 15) is 4.79 Å². The van der Waals surface area contributed by atoms with Crippen molar-refractivity contribution >= 4 is 11.6 Å². The van der Waals surface area contributed by atoms with Gasteiger partial charge in [0.05, 0.1) is 23.6 Å². The van der Waals surface area contributed by atoms with Gasteiger partial charge in [-0.15, -0.1) is 0 Å². The van der Waals surface area contributed by atoms with Gasteiger partial charge in [-0.2, -0.15) is 5.10 Å². The predicted octanol–water partition coefficient (Wildman–Crippen LogP) is 6.71. The van der Waals surface area contributed by atoms with Crippen LogP contribution in [-0.4, -0.2) is 15.7 Å². The van der Waals surface area contributed by atoms with Crippen molar-refractivity contribution in [2.24, 2.45) is 0 Å². The molecule has 2 heterocycles. The number of aromatic nitrogens is 2. The SMILES string of the molecule is Cc1cccc(Cn2nc(C)c(NC(=O)c3ccc(COc4cc(C)ccc4C(C)C)o3)c2C)c1. The Hall–Kier alpha value is -3.80. The quantitative estimate of drug-likeness (QED) is 0.310. The Morgan fingerprint density at radius 2 is 1.80 bits per heavy atom. The molecule has 35 heavy (non-hydrogen) atoms. The maximum Gasteiger partial charge on any atom is 0.291 e. The maximum atomic E-state index is 12.9. The smallest absolute Gasteiger partial charge is 0.291 e. The minimum absolute atomic E-state index is 0.238. The first kappa shape index (κ1) is 24.3. The lowest BCUT2D eigenvalue weighted by Crippen LogP contribution is -2.12. The molecule has 6 heteroatoms. The Balaban J connectivity index is 1.43. The number of anilines is 1. The number of hydrogen-bond donors (Lipinski definition) is 1. The molecule has 0 saturated carbocycles. The topological polar surface area (TPSA) is 69.3 Å². The number of nitrogens with zero attached hydrogens (tertiary/aromatic N) is 2. The standard InChI is InChI=1S/C29H33N3O3/c1-18(2)25-12-10-20(4)15-27(25)34-17-24-11-13-26(35-24)29(33)30-28-21(5)31-32(22(28)6)16-23-9-7-8-19(3)14-23/h7-15,18H,16-17H2,1-6H3,(H,30,33). The van der Waals surface area contributed by atoms with Crippen LogP contribution >= 0.6 is 0 Å². The van der Waals surface area contributed by atoms with Gasteiger partial charge in [-0.25, -0.2) is 0 Å². The van der Waals surface area contributed by atoms with Crippen LogP contribution in [0.15, 0.2) is 59.0 Å². The van der Waals surface area contributed by atoms with E-state index in [1.807, 2.05) is 37.6 Å². The summed E-state index contributed by atoms with van der Waals surface area (Å²) in [6.45, 7) is 13.1. The Bertz CT molecular complexity index is 1350. The molecule has 0 fully saturated rings. The first-order chi connectivity index (χ1) is 16.7. The predicted molar refractivity (Wildman–Crippen MR) is 138 cm³/mol. The maximum absolute atomic E-state index is 12.9. The minimum Gasteiger partial charge on any atom is -0.485 e. The molecular weight excluding hydrogens is 438 g/mol. The number of aryl methyl sites for hydroxylation is 3. The van der Waals surface area contributed by atoms with E-state index in [0.29, 0.717) is 23.9 Å². The van der Waals surface area contributed by atoms with E-state index in [-0.39, 0.29) is 18.3 Å². The Morgan fingerprint density at radius 3 is 2.54 bits per heavy atom. The Morgan fingerprint density at radius 1 is 1.03 bits per heavy atom. The molecule has 6 nitrogen and oxygen atoms in total. The van der Waals surface area contributed by atoms with Crippen LogP contribution in [0.1, 0.15) is 69.7 Å². The van der Waals surface area contributed by atoms with E-state index in [2.05, 4.69) is 61.5 Å². The highest BCUT2D eigenvalue weighted by atomic mass is 16.5. The number of amides is 1. The summed E-state index contributed by atoms with van der Waals surface area (Å²) in [5.41, 5.74) is 7.02. The van der Waals surface area contributed by atoms with Crippen LogP contribution in [-0.2, 0) is 13.2 Å². The molecule has 0 radical (unpaired) electrons. The third kappa shape index (κ3) is 5.65. The monoisotopic (exact) mass is 471 g/mol. The number of hydrogen-bond acceptors (Lipinski definition) is 4. The van der Waals surface area contributed by atoms with E-state index in [4.69, 9.17) is 9.15 Å². The van der Waals surface area contributed by atoms with Crippen molar-refractivity contribution in [1.29, 1.82) is 0 Å². The number of nitrogens with one attached hydrogen (secondary N) is 1. The molecule has 4 aromatic rings. The van der Waals surface area contributed by atoms with E-state index < -0.39 is 0 Å². The largest absolute Gasteiger partial charge is 0.485 e. The van der Waals surface area contributed by atoms with E-state index in [1.54, 1.807) is 12.1 Å². The summed E-state index contributed by atoms with van der Waals surface area (Å²) >= 11 is 0. The molecule has 0 aliphatic heterocycles. The number of carbonyl (C=O) groups is 1. The van der Waals surface area contributed by atoms with Crippen LogP contribution in [0, 0.1) is 27.7 Å². The fourth-order valence-corrected chi connectivity index (χ4v) is 4.16. The zero-order chi connectivity index (χ0) is 25.1. The van der Waals surface area contributed by atoms with Gasteiger partial charge in [-0.1, -0.05) is 55.8 Å². The van der Waals surface area contributed by atoms with Crippen LogP contribution in [0.5, 0.6) is 5.75 Å². The summed E-state index contributed by atoms with van der Waals surface area (Å²) in [4.78, 5) is 12.9. The van der Waals surface area contributed by atoms with Crippen LogP contribution in [0.3, 0.4) is 0 Å². The van der Waals surface area contributed by atoms with Gasteiger partial charge in [0, 0.05) is 0 Å². The van der Waals surface area contributed by atoms with E-state index >= 15 is 0 Å². The highest BCUT2D eigenvalue weighted by molar-refractivity contribution is 6.02. The van der Waals surface area contributed by atoms with Gasteiger partial charge in [-0.05, 0) is 68.5 Å². The van der Waals surface area contributed by atoms with Crippen molar-refractivity contribution in [3.8, 4) is 5.75 Å². The van der Waals surface area contributed by atoms with Gasteiger partial charge < -0.3 is 14.5 Å². The molecule has 4 rings (SSSR count). The van der Waals surface area contributed by atoms with Crippen LogP contribution in [0.4, 0.5) is 5.69 Å². The average Bonchev–Trinajstić information content (AvgIpc) is 3.38. The molecule has 1 N–H and O–H groups in total. The van der Waals surface area contributed by atoms with Crippen molar-refractivity contribution in [2.75, 3.05) is 5.32 Å². The van der Waals surface area contributed by atoms with Crippen molar-refractivity contribution in [3.05, 3.63) is 99.8 Å². The molecule has 0 spiro atoms. The third-order valence-corrected chi connectivity index (χ3v) is 6.08. The summed E-state index contributed by atoms with van der Waals surface area (Å²) in [6, 6.07) is 18.0. The Kier molecular flexibility index (Phi) is 7.10. The molecule has 2 aromatic carbocycles. The van der Waals surface area contributed by atoms with Gasteiger partial charge >= 0.3 is 0 Å². The van der Waals surface area contributed by atoms with E-state index in [1.165, 1.54) is 11.1 Å². The summed E-state index contributed by atoms with van der Waals surface area (Å²) in [7, 11) is 0. The second-order valence-electron chi connectivity index (χ2n) is 9.40. The Labute approximate surface area is 206 Å². The van der Waals surface area contributed by atoms with Crippen molar-refractivity contribution < 1.29 is 13.9 Å². The molecule has 0 atom stereocenters. The summed E-state index contributed by atoms with van der Waals surface area (Å²) in [5.74, 6) is 1.71.